The molecular formula is C14H18N4O3. The van der Waals surface area contributed by atoms with Crippen molar-refractivity contribution in [1.29, 1.82) is 0 Å². The van der Waals surface area contributed by atoms with Gasteiger partial charge in [0.15, 0.2) is 5.82 Å². The van der Waals surface area contributed by atoms with Crippen molar-refractivity contribution in [1.82, 2.24) is 10.1 Å². The Kier molecular flexibility index (Phi) is 4.76. The molecule has 0 amide bonds. The Labute approximate surface area is 122 Å². The molecule has 0 aliphatic carbocycles. The van der Waals surface area contributed by atoms with Gasteiger partial charge in [-0.1, -0.05) is 11.2 Å². The van der Waals surface area contributed by atoms with Gasteiger partial charge in [-0.25, -0.2) is 4.79 Å². The highest BCUT2D eigenvalue weighted by atomic mass is 16.5. The Balaban J connectivity index is 2.00. The number of hydrogen-bond donors (Lipinski definition) is 2. The van der Waals surface area contributed by atoms with Crippen LogP contribution in [0.3, 0.4) is 0 Å². The number of carbonyl (C=O) groups excluding carboxylic acids is 1. The van der Waals surface area contributed by atoms with Crippen LogP contribution in [0.1, 0.15) is 29.0 Å². The number of ether oxygens (including phenoxy) is 1. The molecule has 2 rings (SSSR count). The monoisotopic (exact) mass is 290 g/mol. The topological polar surface area (TPSA) is 103 Å². The first-order valence-electron chi connectivity index (χ1n) is 6.70. The molecule has 0 aliphatic rings. The van der Waals surface area contributed by atoms with E-state index in [1.165, 1.54) is 0 Å². The van der Waals surface area contributed by atoms with E-state index >= 15 is 0 Å². The molecule has 3 N–H and O–H groups in total. The van der Waals surface area contributed by atoms with Crippen LogP contribution in [-0.2, 0) is 11.2 Å². The Morgan fingerprint density at radius 3 is 2.95 bits per heavy atom. The van der Waals surface area contributed by atoms with Gasteiger partial charge in [-0.2, -0.15) is 4.98 Å². The van der Waals surface area contributed by atoms with Crippen LogP contribution in [0.4, 0.5) is 11.4 Å². The summed E-state index contributed by atoms with van der Waals surface area (Å²) in [6, 6.07) is 5.19. The number of carbonyl (C=O) groups is 1. The lowest BCUT2D eigenvalue weighted by molar-refractivity contribution is 0.0527. The molecule has 0 unspecified atom stereocenters. The Hall–Kier alpha value is -2.57. The third-order valence-electron chi connectivity index (χ3n) is 2.83. The second-order valence-corrected chi connectivity index (χ2v) is 4.40. The molecule has 7 heteroatoms. The van der Waals surface area contributed by atoms with Crippen LogP contribution >= 0.6 is 0 Å². The lowest BCUT2D eigenvalue weighted by Crippen LogP contribution is -2.12. The molecule has 0 fully saturated rings. The number of nitrogens with two attached hydrogens (primary N) is 1. The van der Waals surface area contributed by atoms with E-state index in [9.17, 15) is 4.79 Å². The van der Waals surface area contributed by atoms with Crippen LogP contribution in [0, 0.1) is 6.92 Å². The molecule has 0 saturated carbocycles. The lowest BCUT2D eigenvalue weighted by atomic mass is 10.1. The van der Waals surface area contributed by atoms with Crippen LogP contribution in [0.2, 0.25) is 0 Å². The van der Waals surface area contributed by atoms with Crippen molar-refractivity contribution in [3.63, 3.8) is 0 Å². The van der Waals surface area contributed by atoms with E-state index in [1.807, 2.05) is 0 Å². The zero-order valence-corrected chi connectivity index (χ0v) is 12.0. The third-order valence-corrected chi connectivity index (χ3v) is 2.83. The summed E-state index contributed by atoms with van der Waals surface area (Å²) < 4.78 is 9.98. The summed E-state index contributed by atoms with van der Waals surface area (Å²) in [5.41, 5.74) is 7.39. The molecule has 0 bridgehead atoms. The second-order valence-electron chi connectivity index (χ2n) is 4.40. The van der Waals surface area contributed by atoms with Crippen LogP contribution in [0.15, 0.2) is 22.7 Å². The molecule has 1 aromatic carbocycles. The van der Waals surface area contributed by atoms with Gasteiger partial charge < -0.3 is 20.3 Å². The van der Waals surface area contributed by atoms with Gasteiger partial charge in [0.1, 0.15) is 0 Å². The molecular weight excluding hydrogens is 272 g/mol. The van der Waals surface area contributed by atoms with Gasteiger partial charge in [0.25, 0.3) is 0 Å². The number of nitrogens with one attached hydrogen (secondary N) is 1. The van der Waals surface area contributed by atoms with Gasteiger partial charge in [0.05, 0.1) is 23.5 Å². The van der Waals surface area contributed by atoms with E-state index in [0.29, 0.717) is 48.2 Å². The van der Waals surface area contributed by atoms with E-state index in [0.717, 1.165) is 0 Å². The molecule has 0 radical (unpaired) electrons. The maximum Gasteiger partial charge on any atom is 0.340 e. The number of rotatable bonds is 6. The summed E-state index contributed by atoms with van der Waals surface area (Å²) in [5.74, 6) is 0.736. The van der Waals surface area contributed by atoms with Crippen molar-refractivity contribution >= 4 is 17.3 Å². The van der Waals surface area contributed by atoms with E-state index in [1.54, 1.807) is 32.0 Å². The van der Waals surface area contributed by atoms with E-state index in [2.05, 4.69) is 15.5 Å². The fourth-order valence-electron chi connectivity index (χ4n) is 1.85. The number of aromatic nitrogens is 2. The van der Waals surface area contributed by atoms with Crippen molar-refractivity contribution in [3.05, 3.63) is 35.5 Å². The van der Waals surface area contributed by atoms with Gasteiger partial charge in [-0.3, -0.25) is 0 Å². The first-order valence-corrected chi connectivity index (χ1v) is 6.70. The maximum atomic E-state index is 11.8. The minimum Gasteiger partial charge on any atom is -0.462 e. The van der Waals surface area contributed by atoms with Crippen LogP contribution < -0.4 is 11.1 Å². The van der Waals surface area contributed by atoms with Gasteiger partial charge in [-0.15, -0.1) is 0 Å². The number of esters is 1. The number of hydrogen-bond acceptors (Lipinski definition) is 7. The number of nitrogen functional groups attached to an aromatic ring is 1. The maximum absolute atomic E-state index is 11.8. The second kappa shape index (κ2) is 6.74. The fourth-order valence-corrected chi connectivity index (χ4v) is 1.85. The molecule has 2 aromatic rings. The third kappa shape index (κ3) is 3.71. The summed E-state index contributed by atoms with van der Waals surface area (Å²) >= 11 is 0. The van der Waals surface area contributed by atoms with Gasteiger partial charge >= 0.3 is 5.97 Å². The lowest BCUT2D eigenvalue weighted by Gasteiger charge is -2.11. The van der Waals surface area contributed by atoms with Crippen molar-refractivity contribution in [2.24, 2.45) is 0 Å². The van der Waals surface area contributed by atoms with Gasteiger partial charge in [-0.05, 0) is 26.0 Å². The smallest absolute Gasteiger partial charge is 0.340 e. The average molecular weight is 290 g/mol. The van der Waals surface area contributed by atoms with E-state index in [4.69, 9.17) is 15.0 Å². The standard InChI is InChI=1S/C14H18N4O3/c1-3-20-14(19)10-5-4-6-11(13(10)15)16-8-7-12-17-9(2)18-21-12/h4-6,16H,3,7-8,15H2,1-2H3. The molecule has 0 atom stereocenters. The molecule has 0 saturated heterocycles. The largest absolute Gasteiger partial charge is 0.462 e. The van der Waals surface area contributed by atoms with Crippen molar-refractivity contribution < 1.29 is 14.1 Å². The van der Waals surface area contributed by atoms with E-state index in [-0.39, 0.29) is 0 Å². The molecule has 0 spiro atoms. The zero-order chi connectivity index (χ0) is 15.2. The quantitative estimate of drug-likeness (QED) is 0.617. The SMILES string of the molecule is CCOC(=O)c1cccc(NCCc2nc(C)no2)c1N. The molecule has 1 heterocycles. The van der Waals surface area contributed by atoms with Gasteiger partial charge in [0.2, 0.25) is 5.89 Å². The highest BCUT2D eigenvalue weighted by molar-refractivity contribution is 5.98. The zero-order valence-electron chi connectivity index (χ0n) is 12.0. The molecule has 1 aromatic heterocycles. The molecule has 21 heavy (non-hydrogen) atoms. The summed E-state index contributed by atoms with van der Waals surface area (Å²) in [5, 5.41) is 6.87. The summed E-state index contributed by atoms with van der Waals surface area (Å²) in [4.78, 5) is 15.9. The van der Waals surface area contributed by atoms with Crippen molar-refractivity contribution in [2.45, 2.75) is 20.3 Å². The Morgan fingerprint density at radius 2 is 2.29 bits per heavy atom. The van der Waals surface area contributed by atoms with Gasteiger partial charge in [0, 0.05) is 13.0 Å². The molecule has 0 aliphatic heterocycles. The Bertz CT molecular complexity index is 624. The molecule has 112 valence electrons. The summed E-state index contributed by atoms with van der Waals surface area (Å²) in [6.07, 6.45) is 0.573. The van der Waals surface area contributed by atoms with Crippen LogP contribution in [-0.4, -0.2) is 29.3 Å². The van der Waals surface area contributed by atoms with Crippen molar-refractivity contribution in [3.8, 4) is 0 Å². The summed E-state index contributed by atoms with van der Waals surface area (Å²) in [7, 11) is 0. The minimum atomic E-state index is -0.425. The predicted octanol–water partition coefficient (Wildman–Crippen LogP) is 1.79. The summed E-state index contributed by atoms with van der Waals surface area (Å²) in [6.45, 7) is 4.40. The van der Waals surface area contributed by atoms with Crippen molar-refractivity contribution in [2.75, 3.05) is 24.2 Å². The minimum absolute atomic E-state index is 0.312. The fraction of sp³-hybridized carbons (Fsp3) is 0.357. The number of nitrogens with zero attached hydrogens (tertiary/aromatic N) is 2. The molecule has 7 nitrogen and oxygen atoms in total. The highest BCUT2D eigenvalue weighted by Crippen LogP contribution is 2.23. The number of anilines is 2. The highest BCUT2D eigenvalue weighted by Gasteiger charge is 2.13. The van der Waals surface area contributed by atoms with Crippen LogP contribution in [0.25, 0.3) is 0 Å². The van der Waals surface area contributed by atoms with E-state index < -0.39 is 5.97 Å². The van der Waals surface area contributed by atoms with Crippen LogP contribution in [0.5, 0.6) is 0 Å². The average Bonchev–Trinajstić information content (AvgIpc) is 2.86. The number of benzene rings is 1. The first kappa shape index (κ1) is 14.8. The predicted molar refractivity (Wildman–Crippen MR) is 78.0 cm³/mol. The number of para-hydroxylation sites is 1. The normalized spacial score (nSPS) is 10.4. The Morgan fingerprint density at radius 1 is 1.48 bits per heavy atom. The number of aryl methyl sites for hydroxylation is 1. The first-order chi connectivity index (χ1) is 10.1.